The number of rotatable bonds is 5. The Kier molecular flexibility index (Phi) is 6.98. The van der Waals surface area contributed by atoms with E-state index in [2.05, 4.69) is 4.90 Å². The largest absolute Gasteiger partial charge is 0.377 e. The maximum atomic E-state index is 13.0. The minimum Gasteiger partial charge on any atom is -0.377 e. The molecule has 3 atom stereocenters. The van der Waals surface area contributed by atoms with E-state index < -0.39 is 10.0 Å². The van der Waals surface area contributed by atoms with Gasteiger partial charge in [0, 0.05) is 58.0 Å². The van der Waals surface area contributed by atoms with Crippen molar-refractivity contribution in [2.75, 3.05) is 52.4 Å². The molecule has 1 aromatic carbocycles. The third-order valence-corrected chi connectivity index (χ3v) is 8.12. The van der Waals surface area contributed by atoms with Crippen LogP contribution in [0.25, 0.3) is 0 Å². The number of morpholine rings is 1. The zero-order valence-corrected chi connectivity index (χ0v) is 19.2. The molecule has 172 valence electrons. The van der Waals surface area contributed by atoms with Crippen molar-refractivity contribution in [2.24, 2.45) is 0 Å². The lowest BCUT2D eigenvalue weighted by atomic mass is 10.1. The van der Waals surface area contributed by atoms with Crippen LogP contribution in [0.1, 0.15) is 37.0 Å². The van der Waals surface area contributed by atoms with E-state index in [4.69, 9.17) is 9.47 Å². The molecular weight excluding hydrogens is 418 g/mol. The molecule has 0 bridgehead atoms. The van der Waals surface area contributed by atoms with Crippen molar-refractivity contribution in [3.63, 3.8) is 0 Å². The highest BCUT2D eigenvalue weighted by Crippen LogP contribution is 2.22. The summed E-state index contributed by atoms with van der Waals surface area (Å²) >= 11 is 0. The van der Waals surface area contributed by atoms with Crippen molar-refractivity contribution >= 4 is 15.9 Å². The van der Waals surface area contributed by atoms with E-state index in [0.717, 1.165) is 39.1 Å². The fourth-order valence-electron chi connectivity index (χ4n) is 4.64. The van der Waals surface area contributed by atoms with Crippen molar-refractivity contribution < 1.29 is 22.7 Å². The van der Waals surface area contributed by atoms with Gasteiger partial charge in [0.05, 0.1) is 23.2 Å². The number of benzene rings is 1. The number of carbonyl (C=O) groups excluding carboxylic acids is 1. The summed E-state index contributed by atoms with van der Waals surface area (Å²) in [6.07, 6.45) is 2.31. The number of amides is 1. The van der Waals surface area contributed by atoms with Gasteiger partial charge in [-0.2, -0.15) is 4.31 Å². The lowest BCUT2D eigenvalue weighted by Gasteiger charge is -2.36. The molecule has 0 radical (unpaired) electrons. The molecule has 3 aliphatic heterocycles. The van der Waals surface area contributed by atoms with E-state index in [-0.39, 0.29) is 23.0 Å². The van der Waals surface area contributed by atoms with Crippen LogP contribution in [-0.4, -0.2) is 99.2 Å². The molecule has 3 fully saturated rings. The van der Waals surface area contributed by atoms with Crippen LogP contribution in [0.2, 0.25) is 0 Å². The Bertz CT molecular complexity index is 852. The zero-order chi connectivity index (χ0) is 22.0. The monoisotopic (exact) mass is 451 g/mol. The summed E-state index contributed by atoms with van der Waals surface area (Å²) < 4.78 is 38.8. The normalized spacial score (nSPS) is 28.7. The molecule has 3 heterocycles. The third kappa shape index (κ3) is 5.28. The first kappa shape index (κ1) is 22.7. The van der Waals surface area contributed by atoms with Crippen LogP contribution in [0.4, 0.5) is 0 Å². The summed E-state index contributed by atoms with van der Waals surface area (Å²) in [4.78, 5) is 17.3. The first-order valence-corrected chi connectivity index (χ1v) is 12.7. The third-order valence-electron chi connectivity index (χ3n) is 6.27. The second-order valence-corrected chi connectivity index (χ2v) is 10.8. The zero-order valence-electron chi connectivity index (χ0n) is 18.4. The van der Waals surface area contributed by atoms with Crippen molar-refractivity contribution in [1.82, 2.24) is 14.1 Å². The summed E-state index contributed by atoms with van der Waals surface area (Å²) in [5, 5.41) is 0. The summed E-state index contributed by atoms with van der Waals surface area (Å²) in [6.45, 7) is 9.25. The van der Waals surface area contributed by atoms with Crippen molar-refractivity contribution in [2.45, 2.75) is 49.9 Å². The highest BCUT2D eigenvalue weighted by atomic mass is 32.2. The smallest absolute Gasteiger partial charge is 0.253 e. The average molecular weight is 452 g/mol. The summed E-state index contributed by atoms with van der Waals surface area (Å²) in [6, 6.07) is 6.34. The van der Waals surface area contributed by atoms with Gasteiger partial charge in [0.2, 0.25) is 10.0 Å². The standard InChI is InChI=1S/C22H33N3O5S/c1-17-14-25(15-18(2)30-17)31(27,28)21-7-5-19(6-8-21)22(26)24-11-9-23(10-12-24)16-20-4-3-13-29-20/h5-8,17-18,20H,3-4,9-16H2,1-2H3. The minimum absolute atomic E-state index is 0.0469. The number of nitrogens with zero attached hydrogens (tertiary/aromatic N) is 3. The molecule has 0 saturated carbocycles. The SMILES string of the molecule is CC1CN(S(=O)(=O)c2ccc(C(=O)N3CCN(CC4CCCO4)CC3)cc2)CC(C)O1. The van der Waals surface area contributed by atoms with E-state index >= 15 is 0 Å². The number of piperazine rings is 1. The van der Waals surface area contributed by atoms with Crippen LogP contribution in [0.3, 0.4) is 0 Å². The van der Waals surface area contributed by atoms with Gasteiger partial charge < -0.3 is 14.4 Å². The Morgan fingerprint density at radius 1 is 1.03 bits per heavy atom. The quantitative estimate of drug-likeness (QED) is 0.674. The molecule has 3 aliphatic rings. The number of carbonyl (C=O) groups is 1. The first-order valence-electron chi connectivity index (χ1n) is 11.2. The first-order chi connectivity index (χ1) is 14.8. The summed E-state index contributed by atoms with van der Waals surface area (Å²) in [5.74, 6) is -0.0469. The van der Waals surface area contributed by atoms with Crippen molar-refractivity contribution in [1.29, 1.82) is 0 Å². The highest BCUT2D eigenvalue weighted by Gasteiger charge is 2.32. The molecule has 0 N–H and O–H groups in total. The predicted octanol–water partition coefficient (Wildman–Crippen LogP) is 1.42. The van der Waals surface area contributed by atoms with Gasteiger partial charge >= 0.3 is 0 Å². The molecule has 1 amide bonds. The number of hydrogen-bond donors (Lipinski definition) is 0. The molecule has 9 heteroatoms. The van der Waals surface area contributed by atoms with Gasteiger partial charge in [-0.15, -0.1) is 0 Å². The van der Waals surface area contributed by atoms with Gasteiger partial charge in [-0.3, -0.25) is 9.69 Å². The van der Waals surface area contributed by atoms with E-state index in [1.165, 1.54) is 4.31 Å². The Morgan fingerprint density at radius 3 is 2.26 bits per heavy atom. The second kappa shape index (κ2) is 9.54. The second-order valence-electron chi connectivity index (χ2n) is 8.83. The topological polar surface area (TPSA) is 79.4 Å². The molecule has 4 rings (SSSR count). The summed E-state index contributed by atoms with van der Waals surface area (Å²) in [5.41, 5.74) is 0.523. The predicted molar refractivity (Wildman–Crippen MR) is 117 cm³/mol. The van der Waals surface area contributed by atoms with Crippen LogP contribution in [0, 0.1) is 0 Å². The lowest BCUT2D eigenvalue weighted by Crippen LogP contribution is -2.50. The fraction of sp³-hybridized carbons (Fsp3) is 0.682. The van der Waals surface area contributed by atoms with Gasteiger partial charge in [0.25, 0.3) is 5.91 Å². The Labute approximate surface area is 185 Å². The Balaban J connectivity index is 1.35. The molecule has 0 aliphatic carbocycles. The van der Waals surface area contributed by atoms with E-state index in [1.807, 2.05) is 18.7 Å². The van der Waals surface area contributed by atoms with Gasteiger partial charge in [0.15, 0.2) is 0 Å². The molecule has 0 spiro atoms. The highest BCUT2D eigenvalue weighted by molar-refractivity contribution is 7.89. The van der Waals surface area contributed by atoms with E-state index in [0.29, 0.717) is 37.8 Å². The number of sulfonamides is 1. The maximum absolute atomic E-state index is 13.0. The number of ether oxygens (including phenoxy) is 2. The van der Waals surface area contributed by atoms with Crippen molar-refractivity contribution in [3.05, 3.63) is 29.8 Å². The van der Waals surface area contributed by atoms with Crippen LogP contribution in [0.5, 0.6) is 0 Å². The van der Waals surface area contributed by atoms with Crippen LogP contribution >= 0.6 is 0 Å². The van der Waals surface area contributed by atoms with Gasteiger partial charge in [0.1, 0.15) is 0 Å². The molecule has 8 nitrogen and oxygen atoms in total. The Hall–Kier alpha value is -1.52. The van der Waals surface area contributed by atoms with Crippen molar-refractivity contribution in [3.8, 4) is 0 Å². The van der Waals surface area contributed by atoms with Gasteiger partial charge in [-0.1, -0.05) is 0 Å². The molecule has 0 aromatic heterocycles. The molecular formula is C22H33N3O5S. The maximum Gasteiger partial charge on any atom is 0.253 e. The molecule has 3 saturated heterocycles. The van der Waals surface area contributed by atoms with Crippen LogP contribution < -0.4 is 0 Å². The fourth-order valence-corrected chi connectivity index (χ4v) is 6.23. The Morgan fingerprint density at radius 2 is 1.68 bits per heavy atom. The lowest BCUT2D eigenvalue weighted by molar-refractivity contribution is -0.0440. The van der Waals surface area contributed by atoms with E-state index in [1.54, 1.807) is 24.3 Å². The van der Waals surface area contributed by atoms with Gasteiger partial charge in [-0.05, 0) is 51.0 Å². The molecule has 1 aromatic rings. The molecule has 31 heavy (non-hydrogen) atoms. The summed E-state index contributed by atoms with van der Waals surface area (Å²) in [7, 11) is -3.60. The number of hydrogen-bond acceptors (Lipinski definition) is 6. The minimum atomic E-state index is -3.60. The van der Waals surface area contributed by atoms with Gasteiger partial charge in [-0.25, -0.2) is 8.42 Å². The van der Waals surface area contributed by atoms with Crippen LogP contribution in [-0.2, 0) is 19.5 Å². The van der Waals surface area contributed by atoms with E-state index in [9.17, 15) is 13.2 Å². The molecule has 3 unspecified atom stereocenters. The van der Waals surface area contributed by atoms with Crippen LogP contribution in [0.15, 0.2) is 29.2 Å². The average Bonchev–Trinajstić information content (AvgIpc) is 3.26.